The van der Waals surface area contributed by atoms with Crippen molar-refractivity contribution in [2.24, 2.45) is 0 Å². The molecule has 0 aliphatic carbocycles. The van der Waals surface area contributed by atoms with Crippen LogP contribution in [0.1, 0.15) is 43.7 Å². The number of nitrogen functional groups attached to an aromatic ring is 1. The summed E-state index contributed by atoms with van der Waals surface area (Å²) in [6, 6.07) is 1.56. The van der Waals surface area contributed by atoms with Gasteiger partial charge in [0.2, 0.25) is 0 Å². The van der Waals surface area contributed by atoms with Gasteiger partial charge in [0.1, 0.15) is 0 Å². The minimum Gasteiger partial charge on any atom is -0.476 e. The highest BCUT2D eigenvalue weighted by Crippen LogP contribution is 2.39. The average molecular weight is 336 g/mol. The summed E-state index contributed by atoms with van der Waals surface area (Å²) in [5.41, 5.74) is 6.28. The lowest BCUT2D eigenvalue weighted by Crippen LogP contribution is -2.41. The molecule has 1 aromatic heterocycles. The van der Waals surface area contributed by atoms with Crippen LogP contribution in [0.5, 0.6) is 0 Å². The van der Waals surface area contributed by atoms with E-state index in [9.17, 15) is 4.79 Å². The van der Waals surface area contributed by atoms with Crippen LogP contribution in [-0.2, 0) is 9.31 Å². The minimum absolute atomic E-state index is 0.110. The van der Waals surface area contributed by atoms with Crippen molar-refractivity contribution in [2.45, 2.75) is 38.9 Å². The molecule has 0 radical (unpaired) electrons. The van der Waals surface area contributed by atoms with Crippen molar-refractivity contribution in [3.05, 3.63) is 29.0 Å². The molecule has 0 unspecified atom stereocenters. The lowest BCUT2D eigenvalue weighted by molar-refractivity contribution is 0.00578. The minimum atomic E-state index is -1.15. The third kappa shape index (κ3) is 3.54. The van der Waals surface area contributed by atoms with E-state index in [1.165, 1.54) is 6.20 Å². The number of carboxylic acids is 1. The summed E-state index contributed by atoms with van der Waals surface area (Å²) in [5, 5.41) is 8.96. The first-order valence-corrected chi connectivity index (χ1v) is 7.86. The number of aromatic carboxylic acids is 1. The second-order valence-electron chi connectivity index (χ2n) is 6.48. The summed E-state index contributed by atoms with van der Waals surface area (Å²) >= 11 is 4.34. The Morgan fingerprint density at radius 2 is 1.96 bits per heavy atom. The van der Waals surface area contributed by atoms with Crippen LogP contribution in [-0.4, -0.2) is 40.1 Å². The summed E-state index contributed by atoms with van der Waals surface area (Å²) in [6.45, 7) is 7.91. The van der Waals surface area contributed by atoms with Gasteiger partial charge in [-0.3, -0.25) is 0 Å². The highest BCUT2D eigenvalue weighted by molar-refractivity contribution is 7.80. The zero-order valence-corrected chi connectivity index (χ0v) is 14.6. The van der Waals surface area contributed by atoms with Crippen LogP contribution in [0, 0.1) is 0 Å². The number of nitrogens with two attached hydrogens (primary N) is 1. The molecule has 1 saturated heterocycles. The Labute approximate surface area is 141 Å². The number of pyridine rings is 1. The van der Waals surface area contributed by atoms with Gasteiger partial charge in [0.15, 0.2) is 5.69 Å². The van der Waals surface area contributed by atoms with Gasteiger partial charge in [0.05, 0.1) is 16.9 Å². The summed E-state index contributed by atoms with van der Waals surface area (Å²) in [5.74, 6) is -0.726. The molecule has 2 rings (SSSR count). The number of aromatic nitrogens is 1. The standard InChI is InChI=1S/C15H21BN2O4S/c1-14(2)15(3,4)22-16(21-14)10(8-23)5-9-6-11(17)12(13(19)20)18-7-9/h5-7,23H,8,17H2,1-4H3,(H,19,20). The largest absolute Gasteiger partial charge is 0.491 e. The zero-order chi connectivity index (χ0) is 17.4. The first-order chi connectivity index (χ1) is 10.6. The Morgan fingerprint density at radius 3 is 2.39 bits per heavy atom. The maximum Gasteiger partial charge on any atom is 0.491 e. The molecule has 0 saturated carbocycles. The van der Waals surface area contributed by atoms with Gasteiger partial charge in [-0.1, -0.05) is 6.08 Å². The molecule has 6 nitrogen and oxygen atoms in total. The van der Waals surface area contributed by atoms with E-state index in [0.29, 0.717) is 11.3 Å². The van der Waals surface area contributed by atoms with E-state index < -0.39 is 24.3 Å². The van der Waals surface area contributed by atoms with Crippen LogP contribution in [0.25, 0.3) is 6.08 Å². The number of carboxylic acid groups (broad SMARTS) is 1. The van der Waals surface area contributed by atoms with Crippen molar-refractivity contribution >= 4 is 37.5 Å². The number of hydrogen-bond acceptors (Lipinski definition) is 6. The van der Waals surface area contributed by atoms with E-state index in [2.05, 4.69) is 17.6 Å². The maximum atomic E-state index is 11.0. The van der Waals surface area contributed by atoms with E-state index >= 15 is 0 Å². The molecule has 1 aliphatic heterocycles. The van der Waals surface area contributed by atoms with Crippen LogP contribution in [0.15, 0.2) is 17.7 Å². The molecule has 1 fully saturated rings. The fourth-order valence-electron chi connectivity index (χ4n) is 2.15. The predicted molar refractivity (Wildman–Crippen MR) is 93.5 cm³/mol. The Hall–Kier alpha value is -1.51. The number of carbonyl (C=O) groups is 1. The second kappa shape index (κ2) is 6.18. The van der Waals surface area contributed by atoms with Crippen molar-refractivity contribution < 1.29 is 19.2 Å². The Bertz CT molecular complexity index is 645. The highest BCUT2D eigenvalue weighted by Gasteiger charge is 2.52. The normalized spacial score (nSPS) is 19.9. The molecule has 0 atom stereocenters. The lowest BCUT2D eigenvalue weighted by Gasteiger charge is -2.32. The maximum absolute atomic E-state index is 11.0. The predicted octanol–water partition coefficient (Wildman–Crippen LogP) is 2.31. The number of hydrogen-bond donors (Lipinski definition) is 3. The number of rotatable bonds is 4. The number of anilines is 1. The van der Waals surface area contributed by atoms with Gasteiger partial charge >= 0.3 is 13.1 Å². The summed E-state index contributed by atoms with van der Waals surface area (Å²) < 4.78 is 12.0. The van der Waals surface area contributed by atoms with Crippen LogP contribution in [0.2, 0.25) is 0 Å². The quantitative estimate of drug-likeness (QED) is 0.577. The third-order valence-corrected chi connectivity index (χ3v) is 4.60. The molecular weight excluding hydrogens is 315 g/mol. The fraction of sp³-hybridized carbons (Fsp3) is 0.467. The summed E-state index contributed by atoms with van der Waals surface area (Å²) in [4.78, 5) is 14.8. The van der Waals surface area contributed by atoms with Gasteiger partial charge in [-0.05, 0) is 44.8 Å². The summed E-state index contributed by atoms with van der Waals surface area (Å²) in [6.07, 6.45) is 3.26. The first-order valence-electron chi connectivity index (χ1n) is 7.23. The SMILES string of the molecule is CC1(C)OB(C(=Cc2cnc(C(=O)O)c(N)c2)CS)OC1(C)C. The van der Waals surface area contributed by atoms with Gasteiger partial charge < -0.3 is 20.1 Å². The van der Waals surface area contributed by atoms with E-state index in [4.69, 9.17) is 20.1 Å². The van der Waals surface area contributed by atoms with E-state index in [-0.39, 0.29) is 11.4 Å². The van der Waals surface area contributed by atoms with Crippen molar-refractivity contribution in [3.8, 4) is 0 Å². The lowest BCUT2D eigenvalue weighted by atomic mass is 9.78. The molecule has 8 heteroatoms. The molecule has 1 aromatic rings. The van der Waals surface area contributed by atoms with Crippen molar-refractivity contribution in [1.29, 1.82) is 0 Å². The molecule has 0 amide bonds. The van der Waals surface area contributed by atoms with Gasteiger partial charge in [0, 0.05) is 11.9 Å². The van der Waals surface area contributed by atoms with Gasteiger partial charge in [-0.25, -0.2) is 9.78 Å². The van der Waals surface area contributed by atoms with Crippen molar-refractivity contribution in [1.82, 2.24) is 4.98 Å². The molecule has 3 N–H and O–H groups in total. The van der Waals surface area contributed by atoms with Crippen LogP contribution in [0.3, 0.4) is 0 Å². The van der Waals surface area contributed by atoms with E-state index in [1.54, 1.807) is 6.07 Å². The number of thiol groups is 1. The Kier molecular flexibility index (Phi) is 4.80. The molecule has 2 heterocycles. The monoisotopic (exact) mass is 336 g/mol. The molecule has 124 valence electrons. The third-order valence-electron chi connectivity index (χ3n) is 4.23. The molecule has 0 bridgehead atoms. The van der Waals surface area contributed by atoms with Gasteiger partial charge in [-0.15, -0.1) is 0 Å². The average Bonchev–Trinajstić information content (AvgIpc) is 2.64. The molecule has 23 heavy (non-hydrogen) atoms. The molecule has 1 aliphatic rings. The smallest absolute Gasteiger partial charge is 0.476 e. The first kappa shape index (κ1) is 17.8. The van der Waals surface area contributed by atoms with E-state index in [1.807, 2.05) is 33.8 Å². The number of nitrogens with zero attached hydrogens (tertiary/aromatic N) is 1. The second-order valence-corrected chi connectivity index (χ2v) is 6.79. The Balaban J connectivity index is 2.30. The summed E-state index contributed by atoms with van der Waals surface area (Å²) in [7, 11) is -0.516. The topological polar surface area (TPSA) is 94.7 Å². The Morgan fingerprint density at radius 1 is 1.39 bits per heavy atom. The van der Waals surface area contributed by atoms with Crippen molar-refractivity contribution in [3.63, 3.8) is 0 Å². The van der Waals surface area contributed by atoms with Gasteiger partial charge in [0.25, 0.3) is 0 Å². The van der Waals surface area contributed by atoms with Crippen molar-refractivity contribution in [2.75, 3.05) is 11.5 Å². The fourth-order valence-corrected chi connectivity index (χ4v) is 2.39. The molecular formula is C15H21BN2O4S. The van der Waals surface area contributed by atoms with Crippen LogP contribution >= 0.6 is 12.6 Å². The molecule has 0 aromatic carbocycles. The van der Waals surface area contributed by atoms with Crippen LogP contribution < -0.4 is 5.73 Å². The van der Waals surface area contributed by atoms with Gasteiger partial charge in [-0.2, -0.15) is 12.6 Å². The highest BCUT2D eigenvalue weighted by atomic mass is 32.1. The van der Waals surface area contributed by atoms with Crippen LogP contribution in [0.4, 0.5) is 5.69 Å². The molecule has 0 spiro atoms. The van der Waals surface area contributed by atoms with E-state index in [0.717, 1.165) is 5.47 Å². The zero-order valence-electron chi connectivity index (χ0n) is 13.7.